The zero-order valence-corrected chi connectivity index (χ0v) is 15.1. The molecule has 3 heterocycles. The summed E-state index contributed by atoms with van der Waals surface area (Å²) < 4.78 is 0. The van der Waals surface area contributed by atoms with Crippen molar-refractivity contribution in [1.29, 1.82) is 0 Å². The van der Waals surface area contributed by atoms with Crippen LogP contribution >= 0.6 is 0 Å². The van der Waals surface area contributed by atoms with Crippen LogP contribution in [0.4, 0.5) is 0 Å². The topological polar surface area (TPSA) is 111 Å². The van der Waals surface area contributed by atoms with Crippen LogP contribution in [0.3, 0.4) is 0 Å². The molecule has 0 aromatic heterocycles. The number of carbonyl (C=O) groups excluding carboxylic acids is 3. The molecule has 0 saturated carbocycles. The first-order chi connectivity index (χ1) is 13.0. The van der Waals surface area contributed by atoms with Gasteiger partial charge in [0.15, 0.2) is 0 Å². The van der Waals surface area contributed by atoms with Gasteiger partial charge in [-0.3, -0.25) is 19.7 Å². The monoisotopic (exact) mass is 372 g/mol. The van der Waals surface area contributed by atoms with E-state index in [1.54, 1.807) is 4.90 Å². The molecule has 0 aliphatic carbocycles. The molecule has 1 unspecified atom stereocenters. The normalized spacial score (nSPS) is 23.8. The molecular weight excluding hydrogens is 348 g/mol. The van der Waals surface area contributed by atoms with Gasteiger partial charge < -0.3 is 20.6 Å². The van der Waals surface area contributed by atoms with E-state index in [1.165, 1.54) is 0 Å². The fourth-order valence-corrected chi connectivity index (χ4v) is 4.06. The Kier molecular flexibility index (Phi) is 4.71. The maximum Gasteiger partial charge on any atom is 0.255 e. The van der Waals surface area contributed by atoms with Crippen LogP contribution in [0.5, 0.6) is 0 Å². The third-order valence-corrected chi connectivity index (χ3v) is 5.77. The van der Waals surface area contributed by atoms with Gasteiger partial charge in [0, 0.05) is 50.3 Å². The number of imide groups is 1. The van der Waals surface area contributed by atoms with E-state index in [4.69, 9.17) is 0 Å². The summed E-state index contributed by atoms with van der Waals surface area (Å²) in [5.74, 6) is -0.826. The van der Waals surface area contributed by atoms with E-state index in [2.05, 4.69) is 16.0 Å². The number of aliphatic hydroxyl groups is 1. The van der Waals surface area contributed by atoms with Crippen molar-refractivity contribution in [2.75, 3.05) is 19.7 Å². The van der Waals surface area contributed by atoms with Crippen LogP contribution in [-0.4, -0.2) is 59.0 Å². The maximum atomic E-state index is 12.7. The average molecular weight is 372 g/mol. The summed E-state index contributed by atoms with van der Waals surface area (Å²) in [6.45, 7) is 2.86. The molecule has 2 fully saturated rings. The van der Waals surface area contributed by atoms with Gasteiger partial charge >= 0.3 is 0 Å². The minimum Gasteiger partial charge on any atom is -0.396 e. The van der Waals surface area contributed by atoms with Crippen LogP contribution < -0.4 is 16.0 Å². The summed E-state index contributed by atoms with van der Waals surface area (Å²) in [6.07, 6.45) is 1.33. The van der Waals surface area contributed by atoms with Crippen molar-refractivity contribution < 1.29 is 19.5 Å². The van der Waals surface area contributed by atoms with Crippen LogP contribution in [0.2, 0.25) is 0 Å². The Morgan fingerprint density at radius 1 is 1.26 bits per heavy atom. The molecular formula is C19H24N4O4. The molecule has 144 valence electrons. The van der Waals surface area contributed by atoms with Crippen molar-refractivity contribution in [1.82, 2.24) is 20.9 Å². The minimum absolute atomic E-state index is 0.0671. The summed E-state index contributed by atoms with van der Waals surface area (Å²) in [4.78, 5) is 37.7. The molecule has 1 aromatic carbocycles. The number of benzene rings is 1. The molecule has 4 N–H and O–H groups in total. The van der Waals surface area contributed by atoms with Gasteiger partial charge in [-0.1, -0.05) is 12.1 Å². The van der Waals surface area contributed by atoms with E-state index in [0.717, 1.165) is 24.2 Å². The van der Waals surface area contributed by atoms with Crippen LogP contribution in [0.25, 0.3) is 0 Å². The van der Waals surface area contributed by atoms with E-state index in [1.807, 2.05) is 18.2 Å². The second-order valence-electron chi connectivity index (χ2n) is 7.60. The predicted molar refractivity (Wildman–Crippen MR) is 96.6 cm³/mol. The van der Waals surface area contributed by atoms with Crippen molar-refractivity contribution in [3.63, 3.8) is 0 Å². The number of piperidine rings is 1. The van der Waals surface area contributed by atoms with Crippen LogP contribution in [-0.2, 0) is 22.7 Å². The van der Waals surface area contributed by atoms with Gasteiger partial charge in [0.25, 0.3) is 5.91 Å². The molecule has 0 bridgehead atoms. The van der Waals surface area contributed by atoms with E-state index in [9.17, 15) is 19.5 Å². The quantitative estimate of drug-likeness (QED) is 0.490. The average Bonchev–Trinajstić information content (AvgIpc) is 2.93. The Bertz CT molecular complexity index is 790. The zero-order valence-electron chi connectivity index (χ0n) is 15.1. The lowest BCUT2D eigenvalue weighted by Gasteiger charge is -2.43. The molecule has 3 aliphatic heterocycles. The number of hydrogen-bond donors (Lipinski definition) is 4. The fraction of sp³-hybridized carbons (Fsp3) is 0.526. The number of nitrogens with zero attached hydrogens (tertiary/aromatic N) is 1. The molecule has 27 heavy (non-hydrogen) atoms. The number of nitrogens with one attached hydrogen (secondary N) is 3. The molecule has 1 aromatic rings. The maximum absolute atomic E-state index is 12.7. The summed E-state index contributed by atoms with van der Waals surface area (Å²) in [7, 11) is 0. The lowest BCUT2D eigenvalue weighted by atomic mass is 9.88. The first-order valence-electron chi connectivity index (χ1n) is 9.34. The highest BCUT2D eigenvalue weighted by atomic mass is 16.3. The molecule has 2 saturated heterocycles. The molecule has 3 aliphatic rings. The van der Waals surface area contributed by atoms with Crippen LogP contribution in [0.15, 0.2) is 18.2 Å². The first-order valence-corrected chi connectivity index (χ1v) is 9.34. The highest BCUT2D eigenvalue weighted by molar-refractivity contribution is 6.05. The van der Waals surface area contributed by atoms with Crippen molar-refractivity contribution in [2.45, 2.75) is 43.9 Å². The Morgan fingerprint density at radius 3 is 2.74 bits per heavy atom. The molecule has 8 nitrogen and oxygen atoms in total. The van der Waals surface area contributed by atoms with E-state index in [0.29, 0.717) is 31.5 Å². The Balaban J connectivity index is 1.44. The highest BCUT2D eigenvalue weighted by Gasteiger charge is 2.39. The Hall–Kier alpha value is -2.29. The highest BCUT2D eigenvalue weighted by Crippen LogP contribution is 2.28. The molecule has 8 heteroatoms. The third-order valence-electron chi connectivity index (χ3n) is 5.77. The zero-order chi connectivity index (χ0) is 19.0. The number of amides is 3. The largest absolute Gasteiger partial charge is 0.396 e. The van der Waals surface area contributed by atoms with Gasteiger partial charge in [-0.25, -0.2) is 0 Å². The number of carbonyl (C=O) groups is 3. The molecule has 1 atom stereocenters. The second-order valence-corrected chi connectivity index (χ2v) is 7.60. The summed E-state index contributed by atoms with van der Waals surface area (Å²) in [5, 5.41) is 18.3. The third kappa shape index (κ3) is 3.36. The Morgan fingerprint density at radius 2 is 2.07 bits per heavy atom. The van der Waals surface area contributed by atoms with E-state index >= 15 is 0 Å². The number of hydrogen-bond acceptors (Lipinski definition) is 6. The number of rotatable bonds is 6. The van der Waals surface area contributed by atoms with Gasteiger partial charge in [0.2, 0.25) is 11.8 Å². The molecule has 0 radical (unpaired) electrons. The first kappa shape index (κ1) is 18.1. The summed E-state index contributed by atoms with van der Waals surface area (Å²) in [6, 6.07) is 5.16. The molecule has 4 rings (SSSR count). The lowest BCUT2D eigenvalue weighted by molar-refractivity contribution is -0.136. The fourth-order valence-electron chi connectivity index (χ4n) is 4.06. The van der Waals surface area contributed by atoms with E-state index < -0.39 is 11.9 Å². The van der Waals surface area contributed by atoms with Crippen LogP contribution in [0.1, 0.15) is 40.7 Å². The van der Waals surface area contributed by atoms with Crippen LogP contribution in [0, 0.1) is 0 Å². The van der Waals surface area contributed by atoms with Gasteiger partial charge in [-0.05, 0) is 30.0 Å². The SMILES string of the molecule is O=C1CCC(N2Cc3cc(CNC4(CCO)CNC4)ccc3C2=O)C(=O)N1. The number of fused-ring (bicyclic) bond motifs is 1. The van der Waals surface area contributed by atoms with Gasteiger partial charge in [-0.2, -0.15) is 0 Å². The second kappa shape index (κ2) is 7.03. The minimum atomic E-state index is -0.585. The lowest BCUT2D eigenvalue weighted by Crippen LogP contribution is -2.67. The van der Waals surface area contributed by atoms with Gasteiger partial charge in [-0.15, -0.1) is 0 Å². The molecule has 0 spiro atoms. The van der Waals surface area contributed by atoms with Gasteiger partial charge in [0.05, 0.1) is 0 Å². The standard InChI is InChI=1S/C19H24N4O4/c24-6-5-19(10-20-11-19)21-8-12-1-2-14-13(7-12)9-23(18(14)27)15-3-4-16(25)22-17(15)26/h1-2,7,15,20-21,24H,3-6,8-11H2,(H,22,25,26). The summed E-state index contributed by atoms with van der Waals surface area (Å²) >= 11 is 0. The van der Waals surface area contributed by atoms with Crippen molar-refractivity contribution in [3.05, 3.63) is 34.9 Å². The van der Waals surface area contributed by atoms with Crippen molar-refractivity contribution in [3.8, 4) is 0 Å². The van der Waals surface area contributed by atoms with Gasteiger partial charge in [0.1, 0.15) is 6.04 Å². The van der Waals surface area contributed by atoms with Crippen molar-refractivity contribution in [2.24, 2.45) is 0 Å². The smallest absolute Gasteiger partial charge is 0.255 e. The molecule has 3 amide bonds. The Labute approximate surface area is 157 Å². The number of aliphatic hydroxyl groups excluding tert-OH is 1. The summed E-state index contributed by atoms with van der Waals surface area (Å²) in [5.41, 5.74) is 2.53. The van der Waals surface area contributed by atoms with E-state index in [-0.39, 0.29) is 30.4 Å². The predicted octanol–water partition coefficient (Wildman–Crippen LogP) is -0.738. The van der Waals surface area contributed by atoms with Crippen molar-refractivity contribution >= 4 is 17.7 Å².